The highest BCUT2D eigenvalue weighted by atomic mass is 79.9. The van der Waals surface area contributed by atoms with Crippen molar-refractivity contribution in [3.8, 4) is 10.6 Å². The summed E-state index contributed by atoms with van der Waals surface area (Å²) in [6.07, 6.45) is 0. The summed E-state index contributed by atoms with van der Waals surface area (Å²) in [4.78, 5) is 14.2. The Hall–Kier alpha value is -1.79. The van der Waals surface area contributed by atoms with Gasteiger partial charge in [0.1, 0.15) is 11.5 Å². The van der Waals surface area contributed by atoms with Gasteiger partial charge in [0.05, 0.1) is 15.9 Å². The molecule has 0 N–H and O–H groups in total. The van der Waals surface area contributed by atoms with Crippen LogP contribution in [-0.4, -0.2) is 9.78 Å². The second kappa shape index (κ2) is 6.14. The van der Waals surface area contributed by atoms with Crippen molar-refractivity contribution < 1.29 is 4.39 Å². The molecule has 22 heavy (non-hydrogen) atoms. The van der Waals surface area contributed by atoms with Crippen molar-refractivity contribution >= 4 is 27.3 Å². The smallest absolute Gasteiger partial charge is 0.267 e. The van der Waals surface area contributed by atoms with Crippen molar-refractivity contribution in [1.29, 1.82) is 0 Å². The molecule has 0 radical (unpaired) electrons. The highest BCUT2D eigenvalue weighted by Gasteiger charge is 2.07. The molecule has 0 unspecified atom stereocenters. The van der Waals surface area contributed by atoms with E-state index in [2.05, 4.69) is 21.0 Å². The van der Waals surface area contributed by atoms with Crippen LogP contribution in [0, 0.1) is 12.7 Å². The zero-order valence-corrected chi connectivity index (χ0v) is 14.1. The Labute approximate surface area is 139 Å². The van der Waals surface area contributed by atoms with Gasteiger partial charge in [0.15, 0.2) is 0 Å². The topological polar surface area (TPSA) is 34.9 Å². The lowest BCUT2D eigenvalue weighted by Gasteiger charge is -2.07. The molecule has 0 atom stereocenters. The predicted molar refractivity (Wildman–Crippen MR) is 89.7 cm³/mol. The van der Waals surface area contributed by atoms with E-state index in [9.17, 15) is 9.18 Å². The largest absolute Gasteiger partial charge is 0.268 e. The van der Waals surface area contributed by atoms with Gasteiger partial charge in [-0.25, -0.2) is 9.07 Å². The first kappa shape index (κ1) is 15.1. The first-order valence-corrected chi connectivity index (χ1v) is 8.23. The van der Waals surface area contributed by atoms with E-state index in [-0.39, 0.29) is 11.4 Å². The summed E-state index contributed by atoms with van der Waals surface area (Å²) in [5.41, 5.74) is 1.39. The number of thiophene rings is 1. The Kier molecular flexibility index (Phi) is 4.22. The second-order valence-corrected chi connectivity index (χ2v) is 7.02. The van der Waals surface area contributed by atoms with E-state index >= 15 is 0 Å². The van der Waals surface area contributed by atoms with Crippen molar-refractivity contribution in [3.05, 3.63) is 73.5 Å². The molecule has 3 rings (SSSR count). The molecule has 0 spiro atoms. The summed E-state index contributed by atoms with van der Waals surface area (Å²) in [5.74, 6) is -0.327. The molecule has 0 bridgehead atoms. The number of benzene rings is 1. The van der Waals surface area contributed by atoms with Gasteiger partial charge in [-0.1, -0.05) is 6.07 Å². The lowest BCUT2D eigenvalue weighted by molar-refractivity contribution is 0.614. The highest BCUT2D eigenvalue weighted by Crippen LogP contribution is 2.25. The van der Waals surface area contributed by atoms with Crippen LogP contribution in [0.5, 0.6) is 0 Å². The van der Waals surface area contributed by atoms with Crippen molar-refractivity contribution in [2.24, 2.45) is 0 Å². The van der Waals surface area contributed by atoms with E-state index in [1.807, 2.05) is 19.1 Å². The van der Waals surface area contributed by atoms with E-state index in [4.69, 9.17) is 0 Å². The Morgan fingerprint density at radius 2 is 2.05 bits per heavy atom. The molecule has 0 aliphatic rings. The van der Waals surface area contributed by atoms with Crippen LogP contribution >= 0.6 is 27.3 Å². The van der Waals surface area contributed by atoms with Gasteiger partial charge >= 0.3 is 0 Å². The number of aromatic nitrogens is 2. The van der Waals surface area contributed by atoms with E-state index in [1.165, 1.54) is 21.7 Å². The number of aryl methyl sites for hydroxylation is 1. The fourth-order valence-corrected chi connectivity index (χ4v) is 3.34. The molecule has 0 aliphatic carbocycles. The molecule has 1 aromatic carbocycles. The van der Waals surface area contributed by atoms with Gasteiger partial charge in [-0.2, -0.15) is 5.10 Å². The molecule has 0 aliphatic heterocycles. The normalized spacial score (nSPS) is 10.9. The minimum absolute atomic E-state index is 0.183. The van der Waals surface area contributed by atoms with Gasteiger partial charge in [-0.05, 0) is 58.7 Å². The zero-order chi connectivity index (χ0) is 15.7. The molecular formula is C16H12BrFN2OS. The van der Waals surface area contributed by atoms with Gasteiger partial charge in [-0.3, -0.25) is 4.79 Å². The molecule has 0 saturated carbocycles. The number of hydrogen-bond donors (Lipinski definition) is 0. The molecule has 0 fully saturated rings. The van der Waals surface area contributed by atoms with E-state index < -0.39 is 0 Å². The van der Waals surface area contributed by atoms with Crippen LogP contribution in [0.15, 0.2) is 51.7 Å². The van der Waals surface area contributed by atoms with Gasteiger partial charge in [0, 0.05) is 10.9 Å². The minimum atomic E-state index is -0.327. The number of hydrogen-bond acceptors (Lipinski definition) is 3. The Morgan fingerprint density at radius 1 is 1.23 bits per heavy atom. The van der Waals surface area contributed by atoms with Gasteiger partial charge in [0.2, 0.25) is 0 Å². The fourth-order valence-electron chi connectivity index (χ4n) is 2.08. The molecule has 2 heterocycles. The van der Waals surface area contributed by atoms with Crippen molar-refractivity contribution in [3.63, 3.8) is 0 Å². The van der Waals surface area contributed by atoms with Crippen molar-refractivity contribution in [1.82, 2.24) is 9.78 Å². The summed E-state index contributed by atoms with van der Waals surface area (Å²) in [6, 6.07) is 11.9. The monoisotopic (exact) mass is 378 g/mol. The molecular weight excluding hydrogens is 367 g/mol. The van der Waals surface area contributed by atoms with Gasteiger partial charge in [0.25, 0.3) is 5.56 Å². The van der Waals surface area contributed by atoms with Crippen LogP contribution in [-0.2, 0) is 6.54 Å². The van der Waals surface area contributed by atoms with Crippen LogP contribution in [0.4, 0.5) is 4.39 Å². The summed E-state index contributed by atoms with van der Waals surface area (Å²) >= 11 is 4.78. The zero-order valence-electron chi connectivity index (χ0n) is 11.7. The average molecular weight is 379 g/mol. The third-order valence-corrected chi connectivity index (χ3v) is 4.81. The molecule has 112 valence electrons. The van der Waals surface area contributed by atoms with Gasteiger partial charge in [-0.15, -0.1) is 11.3 Å². The van der Waals surface area contributed by atoms with E-state index in [0.717, 1.165) is 16.1 Å². The highest BCUT2D eigenvalue weighted by molar-refractivity contribution is 9.10. The molecule has 2 aromatic heterocycles. The predicted octanol–water partition coefficient (Wildman–Crippen LogP) is 4.23. The maximum atomic E-state index is 13.3. The summed E-state index contributed by atoms with van der Waals surface area (Å²) in [7, 11) is 0. The molecule has 3 aromatic rings. The maximum Gasteiger partial charge on any atom is 0.267 e. The number of halogens is 2. The van der Waals surface area contributed by atoms with Crippen LogP contribution in [0.25, 0.3) is 10.6 Å². The van der Waals surface area contributed by atoms with Crippen LogP contribution < -0.4 is 5.56 Å². The first-order valence-electron chi connectivity index (χ1n) is 6.62. The third-order valence-electron chi connectivity index (χ3n) is 3.18. The fraction of sp³-hybridized carbons (Fsp3) is 0.125. The minimum Gasteiger partial charge on any atom is -0.268 e. The van der Waals surface area contributed by atoms with Gasteiger partial charge < -0.3 is 0 Å². The number of rotatable bonds is 3. The molecule has 0 amide bonds. The SMILES string of the molecule is Cc1ccc(-c2ccc(=O)n(Cc3ccc(F)c(Br)c3)n2)s1. The average Bonchev–Trinajstić information content (AvgIpc) is 2.92. The first-order chi connectivity index (χ1) is 10.5. The quantitative estimate of drug-likeness (QED) is 0.683. The summed E-state index contributed by atoms with van der Waals surface area (Å²) in [5, 5.41) is 4.41. The molecule has 6 heteroatoms. The van der Waals surface area contributed by atoms with Crippen LogP contribution in [0.2, 0.25) is 0 Å². The standard InChI is InChI=1S/C16H12BrFN2OS/c1-10-2-6-15(22-10)14-5-7-16(21)20(19-14)9-11-3-4-13(18)12(17)8-11/h2-8H,9H2,1H3. The lowest BCUT2D eigenvalue weighted by Crippen LogP contribution is -2.22. The summed E-state index contributed by atoms with van der Waals surface area (Å²) < 4.78 is 15.0. The maximum absolute atomic E-state index is 13.3. The Morgan fingerprint density at radius 3 is 2.73 bits per heavy atom. The van der Waals surface area contributed by atoms with Crippen LogP contribution in [0.1, 0.15) is 10.4 Å². The van der Waals surface area contributed by atoms with Crippen molar-refractivity contribution in [2.75, 3.05) is 0 Å². The number of nitrogens with zero attached hydrogens (tertiary/aromatic N) is 2. The molecule has 0 saturated heterocycles. The van der Waals surface area contributed by atoms with Crippen LogP contribution in [0.3, 0.4) is 0 Å². The van der Waals surface area contributed by atoms with E-state index in [1.54, 1.807) is 29.5 Å². The Balaban J connectivity index is 1.96. The second-order valence-electron chi connectivity index (χ2n) is 4.87. The molecule has 3 nitrogen and oxygen atoms in total. The third kappa shape index (κ3) is 3.18. The Bertz CT molecular complexity index is 888. The lowest BCUT2D eigenvalue weighted by atomic mass is 10.2. The van der Waals surface area contributed by atoms with E-state index in [0.29, 0.717) is 11.0 Å². The summed E-state index contributed by atoms with van der Waals surface area (Å²) in [6.45, 7) is 2.33. The van der Waals surface area contributed by atoms with Crippen molar-refractivity contribution in [2.45, 2.75) is 13.5 Å².